The van der Waals surface area contributed by atoms with Gasteiger partial charge in [-0.2, -0.15) is 5.10 Å². The lowest BCUT2D eigenvalue weighted by atomic mass is 10.1. The number of carbonyl (C=O) groups is 2. The zero-order valence-corrected chi connectivity index (χ0v) is 16.7. The molecule has 3 aromatic rings. The molecule has 2 amide bonds. The maximum absolute atomic E-state index is 12.3. The molecule has 31 heavy (non-hydrogen) atoms. The Morgan fingerprint density at radius 2 is 1.65 bits per heavy atom. The van der Waals surface area contributed by atoms with Gasteiger partial charge in [0.05, 0.1) is 11.2 Å². The monoisotopic (exact) mass is 420 g/mol. The summed E-state index contributed by atoms with van der Waals surface area (Å²) >= 11 is 0. The zero-order chi connectivity index (χ0) is 22.2. The molecule has 0 aliphatic carbocycles. The van der Waals surface area contributed by atoms with Gasteiger partial charge in [-0.1, -0.05) is 0 Å². The molecule has 0 radical (unpaired) electrons. The summed E-state index contributed by atoms with van der Waals surface area (Å²) in [6.07, 6.45) is 2.96. The third-order valence-electron chi connectivity index (χ3n) is 4.41. The molecule has 1 aromatic heterocycles. The minimum absolute atomic E-state index is 0.0919. The second-order valence-corrected chi connectivity index (χ2v) is 6.70. The Balaban J connectivity index is 1.52. The molecule has 0 bridgehead atoms. The van der Waals surface area contributed by atoms with E-state index in [-0.39, 0.29) is 17.2 Å². The Morgan fingerprint density at radius 3 is 2.26 bits per heavy atom. The Morgan fingerprint density at radius 1 is 1.00 bits per heavy atom. The van der Waals surface area contributed by atoms with Crippen molar-refractivity contribution < 1.29 is 18.9 Å². The van der Waals surface area contributed by atoms with Crippen molar-refractivity contribution >= 4 is 28.9 Å². The summed E-state index contributed by atoms with van der Waals surface area (Å²) in [5.41, 5.74) is 4.33. The van der Waals surface area contributed by atoms with Gasteiger partial charge < -0.3 is 9.73 Å². The number of hydrogen-bond donors (Lipinski definition) is 2. The van der Waals surface area contributed by atoms with Gasteiger partial charge in [-0.15, -0.1) is 0 Å². The molecule has 0 atom stereocenters. The topological polar surface area (TPSA) is 127 Å². The van der Waals surface area contributed by atoms with E-state index in [0.29, 0.717) is 24.1 Å². The largest absolute Gasteiger partial charge is 0.469 e. The van der Waals surface area contributed by atoms with Crippen molar-refractivity contribution in [2.45, 2.75) is 19.8 Å². The smallest absolute Gasteiger partial charge is 0.271 e. The van der Waals surface area contributed by atoms with Gasteiger partial charge in [-0.25, -0.2) is 5.43 Å². The number of aryl methyl sites for hydroxylation is 1. The summed E-state index contributed by atoms with van der Waals surface area (Å²) in [5, 5.41) is 17.4. The number of rotatable bonds is 8. The fourth-order valence-corrected chi connectivity index (χ4v) is 2.67. The van der Waals surface area contributed by atoms with Crippen LogP contribution in [0.25, 0.3) is 0 Å². The van der Waals surface area contributed by atoms with Crippen LogP contribution in [0.5, 0.6) is 0 Å². The van der Waals surface area contributed by atoms with Crippen molar-refractivity contribution in [2.24, 2.45) is 5.10 Å². The van der Waals surface area contributed by atoms with Gasteiger partial charge in [0.2, 0.25) is 0 Å². The molecular weight excluding hydrogens is 400 g/mol. The molecule has 0 saturated carbocycles. The van der Waals surface area contributed by atoms with Gasteiger partial charge in [-0.3, -0.25) is 19.7 Å². The van der Waals surface area contributed by atoms with Crippen LogP contribution in [0.1, 0.15) is 39.8 Å². The lowest BCUT2D eigenvalue weighted by Gasteiger charge is -2.07. The highest BCUT2D eigenvalue weighted by Gasteiger charge is 2.11. The number of nitro groups is 1. The summed E-state index contributed by atoms with van der Waals surface area (Å²) in [7, 11) is 0. The first-order valence-corrected chi connectivity index (χ1v) is 9.44. The van der Waals surface area contributed by atoms with Gasteiger partial charge in [0, 0.05) is 41.1 Å². The molecule has 158 valence electrons. The number of benzene rings is 2. The highest BCUT2D eigenvalue weighted by atomic mass is 16.6. The van der Waals surface area contributed by atoms with E-state index in [9.17, 15) is 19.7 Å². The van der Waals surface area contributed by atoms with E-state index in [4.69, 9.17) is 4.42 Å². The number of carbonyl (C=O) groups excluding carboxylic acids is 2. The van der Waals surface area contributed by atoms with Crippen molar-refractivity contribution in [2.75, 3.05) is 5.32 Å². The van der Waals surface area contributed by atoms with Crippen LogP contribution in [0.15, 0.2) is 76.4 Å². The summed E-state index contributed by atoms with van der Waals surface area (Å²) in [4.78, 5) is 34.7. The molecule has 0 aliphatic heterocycles. The van der Waals surface area contributed by atoms with E-state index in [0.717, 1.165) is 11.5 Å². The van der Waals surface area contributed by atoms with Crippen molar-refractivity contribution in [3.8, 4) is 0 Å². The molecule has 9 heteroatoms. The van der Waals surface area contributed by atoms with E-state index in [2.05, 4.69) is 15.8 Å². The third-order valence-corrected chi connectivity index (χ3v) is 4.41. The lowest BCUT2D eigenvalue weighted by molar-refractivity contribution is -0.384. The average molecular weight is 420 g/mol. The predicted octanol–water partition coefficient (Wildman–Crippen LogP) is 4.18. The van der Waals surface area contributed by atoms with E-state index >= 15 is 0 Å². The minimum Gasteiger partial charge on any atom is -0.469 e. The number of hydrazone groups is 1. The second kappa shape index (κ2) is 9.97. The van der Waals surface area contributed by atoms with Crippen LogP contribution in [0.2, 0.25) is 0 Å². The molecule has 9 nitrogen and oxygen atoms in total. The lowest BCUT2D eigenvalue weighted by Crippen LogP contribution is -2.19. The summed E-state index contributed by atoms with van der Waals surface area (Å²) < 4.78 is 5.26. The number of hydrogen-bond acceptors (Lipinski definition) is 6. The number of furan rings is 1. The van der Waals surface area contributed by atoms with E-state index in [1.54, 1.807) is 30.5 Å². The minimum atomic E-state index is -0.532. The van der Waals surface area contributed by atoms with Gasteiger partial charge >= 0.3 is 0 Å². The zero-order valence-electron chi connectivity index (χ0n) is 16.7. The molecule has 1 heterocycles. The molecule has 0 saturated heterocycles. The number of nitrogens with zero attached hydrogens (tertiary/aromatic N) is 2. The van der Waals surface area contributed by atoms with Crippen LogP contribution in [0.3, 0.4) is 0 Å². The number of amides is 2. The normalized spacial score (nSPS) is 11.1. The number of nitro benzene ring substituents is 1. The third kappa shape index (κ3) is 6.10. The van der Waals surface area contributed by atoms with Crippen LogP contribution < -0.4 is 10.7 Å². The first kappa shape index (κ1) is 21.4. The number of non-ortho nitro benzene ring substituents is 1. The van der Waals surface area contributed by atoms with Gasteiger partial charge in [-0.05, 0) is 61.9 Å². The average Bonchev–Trinajstić information content (AvgIpc) is 3.30. The highest BCUT2D eigenvalue weighted by Crippen LogP contribution is 2.15. The first-order chi connectivity index (χ1) is 14.9. The number of nitrogens with one attached hydrogen (secondary N) is 2. The summed E-state index contributed by atoms with van der Waals surface area (Å²) in [6.45, 7) is 1.82. The Hall–Kier alpha value is -4.27. The van der Waals surface area contributed by atoms with Gasteiger partial charge in [0.15, 0.2) is 0 Å². The fraction of sp³-hybridized carbons (Fsp3) is 0.136. The molecule has 3 rings (SSSR count). The van der Waals surface area contributed by atoms with E-state index < -0.39 is 10.8 Å². The second-order valence-electron chi connectivity index (χ2n) is 6.70. The molecule has 2 aromatic carbocycles. The van der Waals surface area contributed by atoms with Crippen LogP contribution in [0.4, 0.5) is 11.4 Å². The highest BCUT2D eigenvalue weighted by molar-refractivity contribution is 6.04. The molecule has 0 spiro atoms. The molecule has 2 N–H and O–H groups in total. The Kier molecular flexibility index (Phi) is 6.89. The van der Waals surface area contributed by atoms with E-state index in [1.165, 1.54) is 24.3 Å². The molecule has 0 fully saturated rings. The van der Waals surface area contributed by atoms with Gasteiger partial charge in [0.1, 0.15) is 5.76 Å². The maximum Gasteiger partial charge on any atom is 0.271 e. The van der Waals surface area contributed by atoms with Crippen molar-refractivity contribution in [3.05, 3.63) is 93.9 Å². The molecule has 0 aliphatic rings. The van der Waals surface area contributed by atoms with Crippen molar-refractivity contribution in [1.29, 1.82) is 0 Å². The quantitative estimate of drug-likeness (QED) is 0.321. The fourth-order valence-electron chi connectivity index (χ4n) is 2.67. The predicted molar refractivity (Wildman–Crippen MR) is 115 cm³/mol. The molecule has 0 unspecified atom stereocenters. The Labute approximate surface area is 177 Å². The van der Waals surface area contributed by atoms with Crippen LogP contribution in [0, 0.1) is 10.1 Å². The van der Waals surface area contributed by atoms with Crippen molar-refractivity contribution in [3.63, 3.8) is 0 Å². The number of anilines is 1. The first-order valence-electron chi connectivity index (χ1n) is 9.44. The van der Waals surface area contributed by atoms with Crippen LogP contribution in [-0.2, 0) is 6.42 Å². The Bertz CT molecular complexity index is 1090. The SMILES string of the molecule is C/C(CCc1ccco1)=N\NC(=O)c1ccc(NC(=O)c2ccc([N+](=O)[O-])cc2)cc1. The molecular formula is C22H20N4O5. The summed E-state index contributed by atoms with van der Waals surface area (Å²) in [5.74, 6) is 0.0710. The summed E-state index contributed by atoms with van der Waals surface area (Å²) in [6, 6.07) is 15.3. The maximum atomic E-state index is 12.3. The standard InChI is InChI=1S/C22H20N4O5/c1-15(4-13-20-3-2-14-31-20)24-25-22(28)17-5-9-18(10-6-17)23-21(27)16-7-11-19(12-8-16)26(29)30/h2-3,5-12,14H,4,13H2,1H3,(H,23,27)(H,25,28)/b24-15+. The van der Waals surface area contributed by atoms with Gasteiger partial charge in [0.25, 0.3) is 17.5 Å². The van der Waals surface area contributed by atoms with Crippen LogP contribution >= 0.6 is 0 Å². The van der Waals surface area contributed by atoms with E-state index in [1.807, 2.05) is 19.1 Å². The van der Waals surface area contributed by atoms with Crippen LogP contribution in [-0.4, -0.2) is 22.4 Å². The van der Waals surface area contributed by atoms with Crippen molar-refractivity contribution in [1.82, 2.24) is 5.43 Å².